The number of rotatable bonds is 3. The van der Waals surface area contributed by atoms with Gasteiger partial charge in [0.15, 0.2) is 0 Å². The van der Waals surface area contributed by atoms with Crippen molar-refractivity contribution in [3.8, 4) is 0 Å². The quantitative estimate of drug-likeness (QED) is 0.680. The van der Waals surface area contributed by atoms with Crippen LogP contribution < -0.4 is 5.32 Å². The van der Waals surface area contributed by atoms with Gasteiger partial charge >= 0.3 is 5.97 Å². The second-order valence-electron chi connectivity index (χ2n) is 4.36. The van der Waals surface area contributed by atoms with E-state index >= 15 is 0 Å². The van der Waals surface area contributed by atoms with Crippen molar-refractivity contribution in [1.82, 2.24) is 15.4 Å². The number of aromatic amines is 1. The standard InChI is InChI=1S/C14H10N4O3/c19-13(9-3-6-11-12(7-9)17-18-16-11)15-10-4-1-8(2-5-10)14(20)21/h1-7H,(H,15,19)(H,20,21)(H,16,17,18). The van der Waals surface area contributed by atoms with Crippen molar-refractivity contribution in [1.29, 1.82) is 0 Å². The van der Waals surface area contributed by atoms with Gasteiger partial charge in [-0.25, -0.2) is 4.79 Å². The monoisotopic (exact) mass is 282 g/mol. The topological polar surface area (TPSA) is 108 Å². The van der Waals surface area contributed by atoms with Crippen LogP contribution in [-0.2, 0) is 0 Å². The van der Waals surface area contributed by atoms with Gasteiger partial charge in [-0.2, -0.15) is 15.4 Å². The predicted molar refractivity (Wildman–Crippen MR) is 75.2 cm³/mol. The molecule has 0 saturated carbocycles. The molecule has 7 nitrogen and oxygen atoms in total. The van der Waals surface area contributed by atoms with Crippen molar-refractivity contribution in [2.75, 3.05) is 5.32 Å². The van der Waals surface area contributed by atoms with Gasteiger partial charge in [0.2, 0.25) is 0 Å². The fraction of sp³-hybridized carbons (Fsp3) is 0. The molecule has 0 atom stereocenters. The lowest BCUT2D eigenvalue weighted by Gasteiger charge is -2.05. The van der Waals surface area contributed by atoms with E-state index in [1.807, 2.05) is 0 Å². The molecule has 0 fully saturated rings. The van der Waals surface area contributed by atoms with Crippen molar-refractivity contribution < 1.29 is 14.7 Å². The average Bonchev–Trinajstić information content (AvgIpc) is 2.95. The molecule has 0 spiro atoms. The lowest BCUT2D eigenvalue weighted by atomic mass is 10.1. The smallest absolute Gasteiger partial charge is 0.335 e. The molecule has 1 aromatic heterocycles. The molecule has 2 aromatic carbocycles. The number of aromatic carboxylic acids is 1. The van der Waals surface area contributed by atoms with Crippen molar-refractivity contribution in [3.63, 3.8) is 0 Å². The van der Waals surface area contributed by atoms with Crippen LogP contribution in [0.4, 0.5) is 5.69 Å². The Morgan fingerprint density at radius 1 is 0.952 bits per heavy atom. The Morgan fingerprint density at radius 2 is 1.62 bits per heavy atom. The Kier molecular flexibility index (Phi) is 3.07. The van der Waals surface area contributed by atoms with Crippen molar-refractivity contribution >= 4 is 28.6 Å². The number of anilines is 1. The number of H-pyrrole nitrogens is 1. The van der Waals surface area contributed by atoms with Crippen molar-refractivity contribution in [2.45, 2.75) is 0 Å². The number of benzene rings is 2. The highest BCUT2D eigenvalue weighted by atomic mass is 16.4. The summed E-state index contributed by atoms with van der Waals surface area (Å²) in [4.78, 5) is 22.9. The molecular formula is C14H10N4O3. The summed E-state index contributed by atoms with van der Waals surface area (Å²) in [5.41, 5.74) is 2.40. The Balaban J connectivity index is 1.80. The molecule has 3 rings (SSSR count). The maximum atomic E-state index is 12.1. The number of amides is 1. The van der Waals surface area contributed by atoms with E-state index in [2.05, 4.69) is 20.7 Å². The van der Waals surface area contributed by atoms with Crippen LogP contribution in [0.2, 0.25) is 0 Å². The highest BCUT2D eigenvalue weighted by molar-refractivity contribution is 6.06. The number of carboxylic acids is 1. The van der Waals surface area contributed by atoms with E-state index in [4.69, 9.17) is 5.11 Å². The van der Waals surface area contributed by atoms with E-state index in [0.29, 0.717) is 22.3 Å². The summed E-state index contributed by atoms with van der Waals surface area (Å²) < 4.78 is 0. The van der Waals surface area contributed by atoms with Gasteiger partial charge in [0, 0.05) is 11.3 Å². The molecule has 0 radical (unpaired) electrons. The predicted octanol–water partition coefficient (Wildman–Crippen LogP) is 1.91. The Hall–Kier alpha value is -3.22. The lowest BCUT2D eigenvalue weighted by Crippen LogP contribution is -2.11. The molecule has 0 saturated heterocycles. The number of nitrogens with zero attached hydrogens (tertiary/aromatic N) is 2. The number of hydrogen-bond acceptors (Lipinski definition) is 4. The normalized spacial score (nSPS) is 10.5. The van der Waals surface area contributed by atoms with E-state index in [1.54, 1.807) is 18.2 Å². The second kappa shape index (κ2) is 5.04. The number of nitrogens with one attached hydrogen (secondary N) is 2. The van der Waals surface area contributed by atoms with Crippen LogP contribution in [0.15, 0.2) is 42.5 Å². The molecule has 3 aromatic rings. The van der Waals surface area contributed by atoms with Gasteiger partial charge in [0.25, 0.3) is 5.91 Å². The maximum Gasteiger partial charge on any atom is 0.335 e. The summed E-state index contributed by atoms with van der Waals surface area (Å²) >= 11 is 0. The van der Waals surface area contributed by atoms with Gasteiger partial charge in [-0.15, -0.1) is 0 Å². The zero-order valence-corrected chi connectivity index (χ0v) is 10.7. The summed E-state index contributed by atoms with van der Waals surface area (Å²) in [5, 5.41) is 21.8. The summed E-state index contributed by atoms with van der Waals surface area (Å²) in [7, 11) is 0. The molecule has 7 heteroatoms. The van der Waals surface area contributed by atoms with Crippen LogP contribution in [0.5, 0.6) is 0 Å². The minimum Gasteiger partial charge on any atom is -0.478 e. The lowest BCUT2D eigenvalue weighted by molar-refractivity contribution is 0.0696. The molecule has 1 heterocycles. The number of hydrogen-bond donors (Lipinski definition) is 3. The van der Waals surface area contributed by atoms with E-state index in [1.165, 1.54) is 24.3 Å². The third kappa shape index (κ3) is 2.57. The molecule has 1 amide bonds. The summed E-state index contributed by atoms with van der Waals surface area (Å²) in [6, 6.07) is 10.9. The first-order chi connectivity index (χ1) is 10.1. The molecule has 0 bridgehead atoms. The molecule has 3 N–H and O–H groups in total. The molecular weight excluding hydrogens is 272 g/mol. The Morgan fingerprint density at radius 3 is 2.33 bits per heavy atom. The molecule has 21 heavy (non-hydrogen) atoms. The number of fused-ring (bicyclic) bond motifs is 1. The zero-order valence-electron chi connectivity index (χ0n) is 10.7. The maximum absolute atomic E-state index is 12.1. The molecule has 104 valence electrons. The molecule has 0 aliphatic rings. The minimum absolute atomic E-state index is 0.164. The van der Waals surface area contributed by atoms with Crippen LogP contribution in [0.25, 0.3) is 11.0 Å². The average molecular weight is 282 g/mol. The number of carboxylic acid groups (broad SMARTS) is 1. The third-order valence-corrected chi connectivity index (χ3v) is 2.97. The Labute approximate surface area is 118 Å². The van der Waals surface area contributed by atoms with Crippen molar-refractivity contribution in [3.05, 3.63) is 53.6 Å². The van der Waals surface area contributed by atoms with Gasteiger partial charge in [0.1, 0.15) is 11.0 Å². The first-order valence-corrected chi connectivity index (χ1v) is 6.09. The number of carbonyl (C=O) groups is 2. The summed E-state index contributed by atoms with van der Waals surface area (Å²) in [5.74, 6) is -1.31. The van der Waals surface area contributed by atoms with Gasteiger partial charge in [-0.3, -0.25) is 4.79 Å². The van der Waals surface area contributed by atoms with Crippen LogP contribution >= 0.6 is 0 Å². The summed E-state index contributed by atoms with van der Waals surface area (Å²) in [6.07, 6.45) is 0. The SMILES string of the molecule is O=C(O)c1ccc(NC(=O)c2ccc3n[nH]nc3c2)cc1. The fourth-order valence-corrected chi connectivity index (χ4v) is 1.88. The first-order valence-electron chi connectivity index (χ1n) is 6.09. The Bertz CT molecular complexity index is 824. The molecule has 0 unspecified atom stereocenters. The zero-order chi connectivity index (χ0) is 14.8. The fourth-order valence-electron chi connectivity index (χ4n) is 1.88. The third-order valence-electron chi connectivity index (χ3n) is 2.97. The molecule has 0 aliphatic carbocycles. The highest BCUT2D eigenvalue weighted by Crippen LogP contribution is 2.14. The van der Waals surface area contributed by atoms with E-state index in [-0.39, 0.29) is 11.5 Å². The van der Waals surface area contributed by atoms with E-state index in [0.717, 1.165) is 0 Å². The number of aromatic nitrogens is 3. The first kappa shape index (κ1) is 12.8. The van der Waals surface area contributed by atoms with E-state index in [9.17, 15) is 9.59 Å². The van der Waals surface area contributed by atoms with Crippen LogP contribution in [-0.4, -0.2) is 32.4 Å². The minimum atomic E-state index is -1.01. The van der Waals surface area contributed by atoms with Crippen molar-refractivity contribution in [2.24, 2.45) is 0 Å². The van der Waals surface area contributed by atoms with Gasteiger partial charge in [-0.1, -0.05) is 0 Å². The van der Waals surface area contributed by atoms with E-state index < -0.39 is 5.97 Å². The summed E-state index contributed by atoms with van der Waals surface area (Å²) in [6.45, 7) is 0. The van der Waals surface area contributed by atoms with Crippen LogP contribution in [0, 0.1) is 0 Å². The molecule has 0 aliphatic heterocycles. The van der Waals surface area contributed by atoms with Gasteiger partial charge in [0.05, 0.1) is 5.56 Å². The number of carbonyl (C=O) groups excluding carboxylic acids is 1. The highest BCUT2D eigenvalue weighted by Gasteiger charge is 2.09. The van der Waals surface area contributed by atoms with Crippen LogP contribution in [0.1, 0.15) is 20.7 Å². The van der Waals surface area contributed by atoms with Gasteiger partial charge in [-0.05, 0) is 42.5 Å². The van der Waals surface area contributed by atoms with Crippen LogP contribution in [0.3, 0.4) is 0 Å². The largest absolute Gasteiger partial charge is 0.478 e. The second-order valence-corrected chi connectivity index (χ2v) is 4.36. The van der Waals surface area contributed by atoms with Gasteiger partial charge < -0.3 is 10.4 Å².